The van der Waals surface area contributed by atoms with Crippen LogP contribution in [0.2, 0.25) is 0 Å². The van der Waals surface area contributed by atoms with E-state index in [0.717, 1.165) is 12.8 Å². The molecule has 0 amide bonds. The molecule has 19 heavy (non-hydrogen) atoms. The highest BCUT2D eigenvalue weighted by Gasteiger charge is 2.26. The van der Waals surface area contributed by atoms with Crippen LogP contribution in [0.5, 0.6) is 0 Å². The first-order valence-electron chi connectivity index (χ1n) is 5.99. The van der Waals surface area contributed by atoms with Gasteiger partial charge in [0.15, 0.2) is 0 Å². The minimum atomic E-state index is -0.166. The molecule has 9 nitrogen and oxygen atoms in total. The van der Waals surface area contributed by atoms with Gasteiger partial charge in [0.2, 0.25) is 11.9 Å². The van der Waals surface area contributed by atoms with Gasteiger partial charge in [-0.3, -0.25) is 0 Å². The average Bonchev–Trinajstić information content (AvgIpc) is 2.86. The largest absolute Gasteiger partial charge is 0.393 e. The summed E-state index contributed by atoms with van der Waals surface area (Å²) < 4.78 is 1.41. The molecule has 0 aliphatic heterocycles. The van der Waals surface area contributed by atoms with Crippen LogP contribution in [0.15, 0.2) is 12.7 Å². The average molecular weight is 262 g/mol. The molecule has 2 heterocycles. The first-order valence-corrected chi connectivity index (χ1v) is 5.99. The van der Waals surface area contributed by atoms with Crippen LogP contribution in [0, 0.1) is 5.92 Å². The lowest BCUT2D eigenvalue weighted by Crippen LogP contribution is -2.33. The maximum Gasteiger partial charge on any atom is 0.258 e. The number of nitrogens with one attached hydrogen (secondary N) is 1. The van der Waals surface area contributed by atoms with Gasteiger partial charge in [-0.15, -0.1) is 0 Å². The highest BCUT2D eigenvalue weighted by Crippen LogP contribution is 2.26. The zero-order valence-electron chi connectivity index (χ0n) is 10.1. The lowest BCUT2D eigenvalue weighted by molar-refractivity contribution is 0.0486. The molecule has 0 radical (unpaired) electrons. The minimum Gasteiger partial charge on any atom is -0.393 e. The van der Waals surface area contributed by atoms with Crippen molar-refractivity contribution < 1.29 is 5.11 Å². The van der Waals surface area contributed by atoms with Crippen molar-refractivity contribution in [1.29, 1.82) is 0 Å². The second kappa shape index (κ2) is 4.76. The fraction of sp³-hybridized carbons (Fsp3) is 0.500. The van der Waals surface area contributed by atoms with E-state index in [2.05, 4.69) is 30.4 Å². The molecule has 9 heteroatoms. The van der Waals surface area contributed by atoms with Gasteiger partial charge in [0, 0.05) is 6.54 Å². The summed E-state index contributed by atoms with van der Waals surface area (Å²) in [6, 6.07) is 0. The van der Waals surface area contributed by atoms with Gasteiger partial charge in [0.05, 0.1) is 6.10 Å². The fourth-order valence-corrected chi connectivity index (χ4v) is 1.98. The number of nitrogens with zero attached hydrogens (tertiary/aromatic N) is 6. The quantitative estimate of drug-likeness (QED) is 0.654. The van der Waals surface area contributed by atoms with E-state index in [1.165, 1.54) is 17.3 Å². The maximum atomic E-state index is 9.22. The highest BCUT2D eigenvalue weighted by molar-refractivity contribution is 5.34. The van der Waals surface area contributed by atoms with E-state index in [9.17, 15) is 5.11 Å². The zero-order chi connectivity index (χ0) is 13.2. The van der Waals surface area contributed by atoms with Gasteiger partial charge in [-0.25, -0.2) is 4.98 Å². The summed E-state index contributed by atoms with van der Waals surface area (Å²) in [5.41, 5.74) is 5.64. The second-order valence-corrected chi connectivity index (χ2v) is 4.53. The Bertz CT molecular complexity index is 551. The Morgan fingerprint density at radius 2 is 2.21 bits per heavy atom. The predicted octanol–water partition coefficient (Wildman–Crippen LogP) is -0.783. The molecular weight excluding hydrogens is 248 g/mol. The predicted molar refractivity (Wildman–Crippen MR) is 66.4 cm³/mol. The third kappa shape index (κ3) is 2.60. The van der Waals surface area contributed by atoms with Crippen molar-refractivity contribution in [3.05, 3.63) is 12.7 Å². The number of anilines is 2. The summed E-state index contributed by atoms with van der Waals surface area (Å²) in [5, 5.41) is 16.3. The smallest absolute Gasteiger partial charge is 0.258 e. The molecule has 1 aliphatic carbocycles. The van der Waals surface area contributed by atoms with E-state index in [1.807, 2.05) is 0 Å². The lowest BCUT2D eigenvalue weighted by atomic mass is 9.82. The maximum absolute atomic E-state index is 9.22. The molecule has 1 fully saturated rings. The third-order valence-electron chi connectivity index (χ3n) is 3.02. The molecule has 0 bridgehead atoms. The van der Waals surface area contributed by atoms with E-state index < -0.39 is 0 Å². The van der Waals surface area contributed by atoms with Gasteiger partial charge in [0.1, 0.15) is 12.7 Å². The number of nitrogen functional groups attached to an aromatic ring is 1. The van der Waals surface area contributed by atoms with Crippen LogP contribution in [-0.2, 0) is 0 Å². The van der Waals surface area contributed by atoms with Gasteiger partial charge in [0.25, 0.3) is 5.95 Å². The van der Waals surface area contributed by atoms with Crippen molar-refractivity contribution in [3.8, 4) is 5.95 Å². The number of hydrogen-bond donors (Lipinski definition) is 3. The molecular formula is C10H14N8O. The van der Waals surface area contributed by atoms with Crippen LogP contribution >= 0.6 is 0 Å². The Morgan fingerprint density at radius 1 is 1.37 bits per heavy atom. The molecule has 2 aromatic rings. The summed E-state index contributed by atoms with van der Waals surface area (Å²) in [4.78, 5) is 16.0. The van der Waals surface area contributed by atoms with Gasteiger partial charge in [-0.1, -0.05) is 0 Å². The third-order valence-corrected chi connectivity index (χ3v) is 3.02. The zero-order valence-corrected chi connectivity index (χ0v) is 10.1. The Kier molecular flexibility index (Phi) is 2.95. The van der Waals surface area contributed by atoms with Gasteiger partial charge < -0.3 is 16.2 Å². The Morgan fingerprint density at radius 3 is 2.89 bits per heavy atom. The van der Waals surface area contributed by atoms with E-state index in [4.69, 9.17) is 5.73 Å². The normalized spacial score (nSPS) is 21.9. The minimum absolute atomic E-state index is 0.122. The Labute approximate surface area is 108 Å². The lowest BCUT2D eigenvalue weighted by Gasteiger charge is -2.31. The molecule has 0 aromatic carbocycles. The van der Waals surface area contributed by atoms with Crippen LogP contribution in [0.4, 0.5) is 11.9 Å². The molecule has 0 unspecified atom stereocenters. The van der Waals surface area contributed by atoms with Gasteiger partial charge in [-0.05, 0) is 18.8 Å². The Hall–Kier alpha value is -2.29. The summed E-state index contributed by atoms with van der Waals surface area (Å²) in [6.45, 7) is 0.706. The molecule has 0 spiro atoms. The van der Waals surface area contributed by atoms with Crippen LogP contribution in [0.25, 0.3) is 5.95 Å². The number of rotatable bonds is 4. The number of nitrogens with two attached hydrogens (primary N) is 1. The summed E-state index contributed by atoms with van der Waals surface area (Å²) in [7, 11) is 0. The van der Waals surface area contributed by atoms with E-state index >= 15 is 0 Å². The van der Waals surface area contributed by atoms with Crippen molar-refractivity contribution in [3.63, 3.8) is 0 Å². The summed E-state index contributed by atoms with van der Waals surface area (Å²) >= 11 is 0. The number of aliphatic hydroxyl groups is 1. The molecule has 4 N–H and O–H groups in total. The van der Waals surface area contributed by atoms with E-state index in [1.54, 1.807) is 0 Å². The van der Waals surface area contributed by atoms with Crippen molar-refractivity contribution in [2.75, 3.05) is 17.6 Å². The number of aliphatic hydroxyl groups excluding tert-OH is 1. The summed E-state index contributed by atoms with van der Waals surface area (Å²) in [5.74, 6) is 1.29. The van der Waals surface area contributed by atoms with Crippen molar-refractivity contribution in [2.24, 2.45) is 5.92 Å². The van der Waals surface area contributed by atoms with Crippen LogP contribution in [0.1, 0.15) is 12.8 Å². The van der Waals surface area contributed by atoms with Crippen molar-refractivity contribution in [1.82, 2.24) is 29.7 Å². The van der Waals surface area contributed by atoms with Gasteiger partial charge >= 0.3 is 0 Å². The number of aromatic nitrogens is 6. The molecule has 0 saturated heterocycles. The van der Waals surface area contributed by atoms with Crippen LogP contribution in [0.3, 0.4) is 0 Å². The standard InChI is InChI=1S/C10H14N8O/c11-8-15-9(13-3-6-1-7(19)2-6)17-10(16-8)18-5-12-4-14-18/h4-7,19H,1-3H2,(H3,11,13,15,16,17). The number of hydrogen-bond acceptors (Lipinski definition) is 8. The van der Waals surface area contributed by atoms with Crippen molar-refractivity contribution >= 4 is 11.9 Å². The molecule has 2 aromatic heterocycles. The molecule has 3 rings (SSSR count). The highest BCUT2D eigenvalue weighted by atomic mass is 16.3. The first-order chi connectivity index (χ1) is 9.20. The van der Waals surface area contributed by atoms with Crippen LogP contribution < -0.4 is 11.1 Å². The van der Waals surface area contributed by atoms with Crippen LogP contribution in [-0.4, -0.2) is 47.5 Å². The summed E-state index contributed by atoms with van der Waals surface area (Å²) in [6.07, 6.45) is 4.33. The topological polar surface area (TPSA) is 128 Å². The molecule has 1 saturated carbocycles. The molecule has 1 aliphatic rings. The van der Waals surface area contributed by atoms with E-state index in [0.29, 0.717) is 24.4 Å². The Balaban J connectivity index is 1.71. The molecule has 0 atom stereocenters. The van der Waals surface area contributed by atoms with E-state index in [-0.39, 0.29) is 12.1 Å². The SMILES string of the molecule is Nc1nc(NCC2CC(O)C2)nc(-n2cncn2)n1. The monoisotopic (exact) mass is 262 g/mol. The fourth-order valence-electron chi connectivity index (χ4n) is 1.98. The van der Waals surface area contributed by atoms with Gasteiger partial charge in [-0.2, -0.15) is 24.7 Å². The van der Waals surface area contributed by atoms with Crippen molar-refractivity contribution in [2.45, 2.75) is 18.9 Å². The molecule has 100 valence electrons. The second-order valence-electron chi connectivity index (χ2n) is 4.53. The first kappa shape index (κ1) is 11.8.